The van der Waals surface area contributed by atoms with Gasteiger partial charge < -0.3 is 10.4 Å². The van der Waals surface area contributed by atoms with Crippen molar-refractivity contribution in [2.45, 2.75) is 6.92 Å². The Kier molecular flexibility index (Phi) is 3.68. The Morgan fingerprint density at radius 2 is 2.33 bits per heavy atom. The second-order valence-electron chi connectivity index (χ2n) is 3.15. The number of anilines is 1. The third-order valence-electron chi connectivity index (χ3n) is 1.65. The van der Waals surface area contributed by atoms with Crippen LogP contribution < -0.4 is 5.32 Å². The maximum Gasteiger partial charge on any atom is 0.339 e. The number of carboxylic acids is 1. The van der Waals surface area contributed by atoms with E-state index < -0.39 is 5.97 Å². The number of nitrogens with zero attached hydrogens (tertiary/aromatic N) is 1. The summed E-state index contributed by atoms with van der Waals surface area (Å²) in [5.41, 5.74) is 0.980. The zero-order chi connectivity index (χ0) is 11.4. The Labute approximate surface area is 92.6 Å². The SMILES string of the molecule is C=C(C)CNc1nc(Cl)ccc1C(=O)O. The van der Waals surface area contributed by atoms with Gasteiger partial charge in [0.15, 0.2) is 0 Å². The van der Waals surface area contributed by atoms with E-state index in [2.05, 4.69) is 16.9 Å². The molecular formula is C10H11ClN2O2. The van der Waals surface area contributed by atoms with Crippen molar-refractivity contribution in [3.8, 4) is 0 Å². The van der Waals surface area contributed by atoms with Crippen LogP contribution >= 0.6 is 11.6 Å². The van der Waals surface area contributed by atoms with Gasteiger partial charge in [-0.2, -0.15) is 0 Å². The van der Waals surface area contributed by atoms with E-state index in [0.717, 1.165) is 5.57 Å². The Morgan fingerprint density at radius 1 is 1.67 bits per heavy atom. The smallest absolute Gasteiger partial charge is 0.339 e. The third-order valence-corrected chi connectivity index (χ3v) is 1.86. The van der Waals surface area contributed by atoms with E-state index in [-0.39, 0.29) is 16.5 Å². The molecule has 5 heteroatoms. The normalized spacial score (nSPS) is 9.73. The fraction of sp³-hybridized carbons (Fsp3) is 0.200. The number of nitrogens with one attached hydrogen (secondary N) is 1. The lowest BCUT2D eigenvalue weighted by atomic mass is 10.2. The lowest BCUT2D eigenvalue weighted by Crippen LogP contribution is -2.09. The number of halogens is 1. The molecule has 0 fully saturated rings. The summed E-state index contributed by atoms with van der Waals surface area (Å²) in [6, 6.07) is 2.86. The van der Waals surface area contributed by atoms with Crippen molar-refractivity contribution in [2.75, 3.05) is 11.9 Å². The summed E-state index contributed by atoms with van der Waals surface area (Å²) in [6.45, 7) is 5.99. The average Bonchev–Trinajstić information content (AvgIpc) is 2.14. The van der Waals surface area contributed by atoms with Crippen LogP contribution in [0.1, 0.15) is 17.3 Å². The molecule has 0 aliphatic carbocycles. The minimum absolute atomic E-state index is 0.0978. The van der Waals surface area contributed by atoms with Crippen LogP contribution in [0, 0.1) is 0 Å². The van der Waals surface area contributed by atoms with Crippen LogP contribution in [0.2, 0.25) is 5.15 Å². The number of aromatic nitrogens is 1. The molecule has 4 nitrogen and oxygen atoms in total. The molecule has 1 heterocycles. The maximum atomic E-state index is 10.8. The summed E-state index contributed by atoms with van der Waals surface area (Å²) in [5.74, 6) is -0.776. The molecule has 0 unspecified atom stereocenters. The van der Waals surface area contributed by atoms with Crippen molar-refractivity contribution in [3.05, 3.63) is 35.0 Å². The van der Waals surface area contributed by atoms with Crippen LogP contribution in [0.3, 0.4) is 0 Å². The molecule has 0 aliphatic heterocycles. The lowest BCUT2D eigenvalue weighted by molar-refractivity contribution is 0.0697. The molecule has 1 aromatic rings. The van der Waals surface area contributed by atoms with E-state index in [1.807, 2.05) is 6.92 Å². The highest BCUT2D eigenvalue weighted by molar-refractivity contribution is 6.29. The fourth-order valence-electron chi connectivity index (χ4n) is 0.977. The van der Waals surface area contributed by atoms with Crippen molar-refractivity contribution in [1.82, 2.24) is 4.98 Å². The molecule has 0 atom stereocenters. The molecule has 0 amide bonds. The predicted octanol–water partition coefficient (Wildman–Crippen LogP) is 2.42. The van der Waals surface area contributed by atoms with Crippen molar-refractivity contribution < 1.29 is 9.90 Å². The van der Waals surface area contributed by atoms with Gasteiger partial charge >= 0.3 is 5.97 Å². The van der Waals surface area contributed by atoms with E-state index in [1.54, 1.807) is 0 Å². The van der Waals surface area contributed by atoms with Crippen LogP contribution in [0.4, 0.5) is 5.82 Å². The molecule has 15 heavy (non-hydrogen) atoms. The number of hydrogen-bond acceptors (Lipinski definition) is 3. The number of carbonyl (C=O) groups is 1. The number of aromatic carboxylic acids is 1. The molecule has 1 rings (SSSR count). The van der Waals surface area contributed by atoms with E-state index in [4.69, 9.17) is 16.7 Å². The zero-order valence-corrected chi connectivity index (χ0v) is 9.01. The van der Waals surface area contributed by atoms with Crippen molar-refractivity contribution in [1.29, 1.82) is 0 Å². The highest BCUT2D eigenvalue weighted by Gasteiger charge is 2.11. The van der Waals surface area contributed by atoms with Gasteiger partial charge in [0.25, 0.3) is 0 Å². The first kappa shape index (κ1) is 11.5. The quantitative estimate of drug-likeness (QED) is 0.612. The molecule has 0 aromatic carbocycles. The predicted molar refractivity (Wildman–Crippen MR) is 59.5 cm³/mol. The highest BCUT2D eigenvalue weighted by atomic mass is 35.5. The summed E-state index contributed by atoms with van der Waals surface area (Å²) in [7, 11) is 0. The molecule has 2 N–H and O–H groups in total. The maximum absolute atomic E-state index is 10.8. The average molecular weight is 227 g/mol. The standard InChI is InChI=1S/C10H11ClN2O2/c1-6(2)5-12-9-7(10(14)15)3-4-8(11)13-9/h3-4H,1,5H2,2H3,(H,12,13)(H,14,15). The van der Waals surface area contributed by atoms with Gasteiger partial charge in [0.2, 0.25) is 0 Å². The van der Waals surface area contributed by atoms with E-state index in [9.17, 15) is 4.79 Å². The Bertz CT molecular complexity index is 404. The largest absolute Gasteiger partial charge is 0.478 e. The molecule has 0 saturated carbocycles. The Balaban J connectivity index is 2.96. The molecule has 0 spiro atoms. The first-order chi connectivity index (χ1) is 7.00. The third kappa shape index (κ3) is 3.25. The summed E-state index contributed by atoms with van der Waals surface area (Å²) in [5, 5.41) is 12.0. The number of pyridine rings is 1. The molecular weight excluding hydrogens is 216 g/mol. The van der Waals surface area contributed by atoms with Gasteiger partial charge in [0.1, 0.15) is 16.5 Å². The zero-order valence-electron chi connectivity index (χ0n) is 8.25. The highest BCUT2D eigenvalue weighted by Crippen LogP contribution is 2.16. The molecule has 0 radical (unpaired) electrons. The summed E-state index contributed by atoms with van der Waals surface area (Å²) in [4.78, 5) is 14.7. The first-order valence-electron chi connectivity index (χ1n) is 4.29. The summed E-state index contributed by atoms with van der Waals surface area (Å²) < 4.78 is 0. The van der Waals surface area contributed by atoms with E-state index >= 15 is 0 Å². The van der Waals surface area contributed by atoms with Gasteiger partial charge in [0.05, 0.1) is 0 Å². The van der Waals surface area contributed by atoms with Crippen molar-refractivity contribution >= 4 is 23.4 Å². The lowest BCUT2D eigenvalue weighted by Gasteiger charge is -2.08. The number of rotatable bonds is 4. The van der Waals surface area contributed by atoms with Gasteiger partial charge in [-0.05, 0) is 19.1 Å². The Morgan fingerprint density at radius 3 is 2.87 bits per heavy atom. The van der Waals surface area contributed by atoms with Gasteiger partial charge in [-0.15, -0.1) is 0 Å². The minimum Gasteiger partial charge on any atom is -0.478 e. The fourth-order valence-corrected chi connectivity index (χ4v) is 1.12. The number of carboxylic acid groups (broad SMARTS) is 1. The molecule has 80 valence electrons. The van der Waals surface area contributed by atoms with Crippen LogP contribution in [0.15, 0.2) is 24.3 Å². The molecule has 0 bridgehead atoms. The number of hydrogen-bond donors (Lipinski definition) is 2. The van der Waals surface area contributed by atoms with Gasteiger partial charge in [-0.1, -0.05) is 23.8 Å². The topological polar surface area (TPSA) is 62.2 Å². The van der Waals surface area contributed by atoms with Crippen molar-refractivity contribution in [3.63, 3.8) is 0 Å². The first-order valence-corrected chi connectivity index (χ1v) is 4.66. The van der Waals surface area contributed by atoms with Crippen molar-refractivity contribution in [2.24, 2.45) is 0 Å². The monoisotopic (exact) mass is 226 g/mol. The van der Waals surface area contributed by atoms with Gasteiger partial charge in [0, 0.05) is 6.54 Å². The summed E-state index contributed by atoms with van der Waals surface area (Å²) >= 11 is 5.67. The molecule has 0 saturated heterocycles. The molecule has 0 aliphatic rings. The van der Waals surface area contributed by atoms with Crippen LogP contribution in [-0.2, 0) is 0 Å². The second kappa shape index (κ2) is 4.79. The summed E-state index contributed by atoms with van der Waals surface area (Å²) in [6.07, 6.45) is 0. The van der Waals surface area contributed by atoms with E-state index in [1.165, 1.54) is 12.1 Å². The van der Waals surface area contributed by atoms with Crippen LogP contribution in [-0.4, -0.2) is 22.6 Å². The molecule has 1 aromatic heterocycles. The van der Waals surface area contributed by atoms with Gasteiger partial charge in [-0.3, -0.25) is 0 Å². The minimum atomic E-state index is -1.04. The van der Waals surface area contributed by atoms with E-state index in [0.29, 0.717) is 6.54 Å². The van der Waals surface area contributed by atoms with Gasteiger partial charge in [-0.25, -0.2) is 9.78 Å². The second-order valence-corrected chi connectivity index (χ2v) is 3.53. The van der Waals surface area contributed by atoms with Crippen LogP contribution in [0.5, 0.6) is 0 Å². The van der Waals surface area contributed by atoms with Crippen LogP contribution in [0.25, 0.3) is 0 Å². The Hall–Kier alpha value is -1.55.